The van der Waals surface area contributed by atoms with E-state index >= 15 is 0 Å². The van der Waals surface area contributed by atoms with Gasteiger partial charge in [-0.05, 0) is 18.2 Å². The first-order chi connectivity index (χ1) is 10.5. The second-order valence-electron chi connectivity index (χ2n) is 5.26. The highest BCUT2D eigenvalue weighted by atomic mass is 32.2. The summed E-state index contributed by atoms with van der Waals surface area (Å²) in [5, 5.41) is 10.8. The average molecular weight is 319 g/mol. The fourth-order valence-corrected chi connectivity index (χ4v) is 3.63. The minimum absolute atomic E-state index is 0.0927. The van der Waals surface area contributed by atoms with E-state index in [2.05, 4.69) is 4.72 Å². The summed E-state index contributed by atoms with van der Waals surface area (Å²) < 4.78 is 32.5. The van der Waals surface area contributed by atoms with Crippen molar-refractivity contribution in [1.82, 2.24) is 4.72 Å². The van der Waals surface area contributed by atoms with Crippen LogP contribution in [0.4, 0.5) is 0 Å². The first-order valence-corrected chi connectivity index (χ1v) is 8.49. The van der Waals surface area contributed by atoms with E-state index in [1.54, 1.807) is 36.4 Å². The summed E-state index contributed by atoms with van der Waals surface area (Å²) in [5.41, 5.74) is -0.659. The molecule has 1 aliphatic heterocycles. The molecule has 0 saturated heterocycles. The van der Waals surface area contributed by atoms with Crippen molar-refractivity contribution in [3.63, 3.8) is 0 Å². The van der Waals surface area contributed by atoms with Crippen LogP contribution in [0.3, 0.4) is 0 Å². The zero-order valence-corrected chi connectivity index (χ0v) is 12.7. The fourth-order valence-electron chi connectivity index (χ4n) is 2.52. The third kappa shape index (κ3) is 2.85. The molecule has 2 aromatic carbocycles. The topological polar surface area (TPSA) is 75.6 Å². The molecule has 0 spiro atoms. The number of aliphatic hydroxyl groups is 1. The maximum Gasteiger partial charge on any atom is 0.240 e. The van der Waals surface area contributed by atoms with Crippen LogP contribution in [0, 0.1) is 0 Å². The normalized spacial score (nSPS) is 21.0. The Morgan fingerprint density at radius 2 is 1.77 bits per heavy atom. The Morgan fingerprint density at radius 3 is 2.55 bits per heavy atom. The Balaban J connectivity index is 1.82. The van der Waals surface area contributed by atoms with Crippen LogP contribution in [0.25, 0.3) is 0 Å². The van der Waals surface area contributed by atoms with Gasteiger partial charge in [-0.2, -0.15) is 0 Å². The number of rotatable bonds is 4. The monoisotopic (exact) mass is 319 g/mol. The molecule has 0 amide bonds. The van der Waals surface area contributed by atoms with E-state index in [4.69, 9.17) is 4.74 Å². The van der Waals surface area contributed by atoms with Crippen LogP contribution in [0.2, 0.25) is 0 Å². The minimum Gasteiger partial charge on any atom is -0.493 e. The average Bonchev–Trinajstić information content (AvgIpc) is 2.55. The Morgan fingerprint density at radius 1 is 1.09 bits per heavy atom. The number of nitrogens with one attached hydrogen (secondary N) is 1. The highest BCUT2D eigenvalue weighted by Crippen LogP contribution is 2.36. The number of hydrogen-bond donors (Lipinski definition) is 2. The number of benzene rings is 2. The highest BCUT2D eigenvalue weighted by Gasteiger charge is 2.36. The van der Waals surface area contributed by atoms with Crippen molar-refractivity contribution in [3.05, 3.63) is 60.2 Å². The van der Waals surface area contributed by atoms with E-state index in [-0.39, 0.29) is 11.4 Å². The first-order valence-electron chi connectivity index (χ1n) is 7.01. The molecule has 1 heterocycles. The van der Waals surface area contributed by atoms with Gasteiger partial charge in [0.2, 0.25) is 10.0 Å². The van der Waals surface area contributed by atoms with Crippen LogP contribution in [0.15, 0.2) is 59.5 Å². The molecule has 0 aromatic heterocycles. The number of ether oxygens (including phenoxy) is 1. The van der Waals surface area contributed by atoms with Gasteiger partial charge in [-0.3, -0.25) is 0 Å². The van der Waals surface area contributed by atoms with E-state index in [1.807, 2.05) is 6.07 Å². The van der Waals surface area contributed by atoms with Crippen molar-refractivity contribution in [1.29, 1.82) is 0 Å². The van der Waals surface area contributed by atoms with Crippen LogP contribution >= 0.6 is 0 Å². The second-order valence-corrected chi connectivity index (χ2v) is 7.03. The molecule has 0 aliphatic carbocycles. The summed E-state index contributed by atoms with van der Waals surface area (Å²) in [6, 6.07) is 15.2. The van der Waals surface area contributed by atoms with Gasteiger partial charge < -0.3 is 9.84 Å². The highest BCUT2D eigenvalue weighted by molar-refractivity contribution is 7.89. The molecule has 1 unspecified atom stereocenters. The van der Waals surface area contributed by atoms with Crippen molar-refractivity contribution in [3.8, 4) is 5.75 Å². The lowest BCUT2D eigenvalue weighted by Crippen LogP contribution is -2.43. The Kier molecular flexibility index (Phi) is 3.90. The van der Waals surface area contributed by atoms with Crippen molar-refractivity contribution in [2.45, 2.75) is 16.9 Å². The van der Waals surface area contributed by atoms with Gasteiger partial charge in [-0.15, -0.1) is 0 Å². The molecule has 0 radical (unpaired) electrons. The van der Waals surface area contributed by atoms with Gasteiger partial charge in [-0.1, -0.05) is 36.4 Å². The third-order valence-electron chi connectivity index (χ3n) is 3.77. The molecule has 6 heteroatoms. The summed E-state index contributed by atoms with van der Waals surface area (Å²) >= 11 is 0. The van der Waals surface area contributed by atoms with Crippen molar-refractivity contribution in [2.75, 3.05) is 13.2 Å². The van der Waals surface area contributed by atoms with Crippen LogP contribution in [0.1, 0.15) is 12.0 Å². The largest absolute Gasteiger partial charge is 0.493 e. The SMILES string of the molecule is O=S(=O)(NCC1(O)CCOc2ccccc21)c1ccccc1. The van der Waals surface area contributed by atoms with Crippen molar-refractivity contribution >= 4 is 10.0 Å². The van der Waals surface area contributed by atoms with Gasteiger partial charge in [0.1, 0.15) is 11.4 Å². The third-order valence-corrected chi connectivity index (χ3v) is 5.19. The van der Waals surface area contributed by atoms with Crippen LogP contribution in [-0.4, -0.2) is 26.7 Å². The van der Waals surface area contributed by atoms with Crippen LogP contribution in [0.5, 0.6) is 5.75 Å². The maximum absolute atomic E-state index is 12.3. The lowest BCUT2D eigenvalue weighted by Gasteiger charge is -2.34. The summed E-state index contributed by atoms with van der Waals surface area (Å²) in [5.74, 6) is 0.593. The minimum atomic E-state index is -3.65. The Labute approximate surface area is 129 Å². The van der Waals surface area contributed by atoms with E-state index in [9.17, 15) is 13.5 Å². The molecule has 3 rings (SSSR count). The van der Waals surface area contributed by atoms with Gasteiger partial charge >= 0.3 is 0 Å². The molecule has 2 aromatic rings. The molecule has 0 fully saturated rings. The molecule has 1 aliphatic rings. The van der Waals surface area contributed by atoms with Crippen LogP contribution in [-0.2, 0) is 15.6 Å². The lowest BCUT2D eigenvalue weighted by atomic mass is 9.88. The van der Waals surface area contributed by atoms with E-state index in [1.165, 1.54) is 12.1 Å². The van der Waals surface area contributed by atoms with Gasteiger partial charge in [0.25, 0.3) is 0 Å². The summed E-state index contributed by atoms with van der Waals surface area (Å²) in [4.78, 5) is 0.180. The first kappa shape index (κ1) is 15.0. The smallest absolute Gasteiger partial charge is 0.240 e. The second kappa shape index (κ2) is 5.72. The fraction of sp³-hybridized carbons (Fsp3) is 0.250. The molecule has 2 N–H and O–H groups in total. The number of fused-ring (bicyclic) bond motifs is 1. The molecular weight excluding hydrogens is 302 g/mol. The Bertz CT molecular complexity index is 761. The zero-order chi connectivity index (χ0) is 15.6. The summed E-state index contributed by atoms with van der Waals surface area (Å²) in [6.07, 6.45) is 0.335. The molecule has 0 bridgehead atoms. The van der Waals surface area contributed by atoms with E-state index in [0.717, 1.165) is 0 Å². The summed E-state index contributed by atoms with van der Waals surface area (Å²) in [6.45, 7) is 0.255. The lowest BCUT2D eigenvalue weighted by molar-refractivity contribution is 0.00219. The predicted octanol–water partition coefficient (Wildman–Crippen LogP) is 1.64. The molecule has 5 nitrogen and oxygen atoms in total. The molecule has 116 valence electrons. The van der Waals surface area contributed by atoms with E-state index < -0.39 is 15.6 Å². The maximum atomic E-state index is 12.3. The van der Waals surface area contributed by atoms with Crippen LogP contribution < -0.4 is 9.46 Å². The molecule has 0 saturated carbocycles. The van der Waals surface area contributed by atoms with Gasteiger partial charge in [-0.25, -0.2) is 13.1 Å². The molecular formula is C16H17NO4S. The number of hydrogen-bond acceptors (Lipinski definition) is 4. The van der Waals surface area contributed by atoms with Gasteiger partial charge in [0.05, 0.1) is 11.5 Å². The number of para-hydroxylation sites is 1. The standard InChI is InChI=1S/C16H17NO4S/c18-16(10-11-21-15-9-5-4-8-14(15)16)12-17-22(19,20)13-6-2-1-3-7-13/h1-9,17-18H,10-12H2. The van der Waals surface area contributed by atoms with Crippen molar-refractivity contribution in [2.24, 2.45) is 0 Å². The predicted molar refractivity (Wildman–Crippen MR) is 82.1 cm³/mol. The van der Waals surface area contributed by atoms with E-state index in [0.29, 0.717) is 24.3 Å². The summed E-state index contributed by atoms with van der Waals surface area (Å²) in [7, 11) is -3.65. The molecule has 1 atom stereocenters. The molecule has 22 heavy (non-hydrogen) atoms. The van der Waals surface area contributed by atoms with Gasteiger partial charge in [0, 0.05) is 18.5 Å². The Hall–Kier alpha value is -1.89. The number of sulfonamides is 1. The quantitative estimate of drug-likeness (QED) is 0.898. The van der Waals surface area contributed by atoms with Crippen molar-refractivity contribution < 1.29 is 18.3 Å². The van der Waals surface area contributed by atoms with Gasteiger partial charge in [0.15, 0.2) is 0 Å². The zero-order valence-electron chi connectivity index (χ0n) is 11.9.